The van der Waals surface area contributed by atoms with Crippen LogP contribution in [-0.4, -0.2) is 33.4 Å². The lowest BCUT2D eigenvalue weighted by atomic mass is 10.1. The van der Waals surface area contributed by atoms with Gasteiger partial charge in [-0.2, -0.15) is 15.0 Å². The van der Waals surface area contributed by atoms with Gasteiger partial charge in [0.2, 0.25) is 0 Å². The Bertz CT molecular complexity index is 564. The van der Waals surface area contributed by atoms with Gasteiger partial charge in [0.05, 0.1) is 30.3 Å². The standard InChI is InChI=1S/C12H11N3O3/c1-2-18-12(17)11(16)9-5-3-4-6-10(9)15-13-7-8-14-15/h3-8H,2H2,1H3. The molecule has 6 nitrogen and oxygen atoms in total. The van der Waals surface area contributed by atoms with Gasteiger partial charge >= 0.3 is 5.97 Å². The molecule has 0 atom stereocenters. The number of rotatable bonds is 4. The molecule has 0 aliphatic heterocycles. The Balaban J connectivity index is 2.40. The molecule has 0 spiro atoms. The fraction of sp³-hybridized carbons (Fsp3) is 0.167. The molecular formula is C12H11N3O3. The van der Waals surface area contributed by atoms with Crippen molar-refractivity contribution in [1.82, 2.24) is 15.0 Å². The molecular weight excluding hydrogens is 234 g/mol. The second-order valence-electron chi connectivity index (χ2n) is 3.39. The lowest BCUT2D eigenvalue weighted by Crippen LogP contribution is -2.19. The van der Waals surface area contributed by atoms with Crippen molar-refractivity contribution in [1.29, 1.82) is 0 Å². The van der Waals surface area contributed by atoms with Crippen LogP contribution in [0, 0.1) is 0 Å². The molecule has 0 amide bonds. The molecule has 0 N–H and O–H groups in total. The average molecular weight is 245 g/mol. The normalized spacial score (nSPS) is 10.1. The molecule has 0 aliphatic rings. The van der Waals surface area contributed by atoms with E-state index in [1.165, 1.54) is 23.3 Å². The van der Waals surface area contributed by atoms with E-state index in [0.29, 0.717) is 5.69 Å². The monoisotopic (exact) mass is 245 g/mol. The number of para-hydroxylation sites is 1. The molecule has 6 heteroatoms. The molecule has 0 saturated carbocycles. The molecule has 0 saturated heterocycles. The number of esters is 1. The minimum atomic E-state index is -0.878. The molecule has 0 aliphatic carbocycles. The molecule has 18 heavy (non-hydrogen) atoms. The third-order valence-corrected chi connectivity index (χ3v) is 2.24. The van der Waals surface area contributed by atoms with Gasteiger partial charge in [0.25, 0.3) is 5.78 Å². The predicted molar refractivity (Wildman–Crippen MR) is 62.3 cm³/mol. The Labute approximate surface area is 103 Å². The summed E-state index contributed by atoms with van der Waals surface area (Å²) in [6, 6.07) is 6.60. The van der Waals surface area contributed by atoms with E-state index in [1.54, 1.807) is 25.1 Å². The first-order chi connectivity index (χ1) is 8.74. The Morgan fingerprint density at radius 2 is 1.89 bits per heavy atom. The first kappa shape index (κ1) is 12.0. The second-order valence-corrected chi connectivity index (χ2v) is 3.39. The highest BCUT2D eigenvalue weighted by Gasteiger charge is 2.21. The van der Waals surface area contributed by atoms with Crippen LogP contribution in [0.1, 0.15) is 17.3 Å². The first-order valence-electron chi connectivity index (χ1n) is 5.41. The quantitative estimate of drug-likeness (QED) is 0.456. The largest absolute Gasteiger partial charge is 0.460 e. The number of aromatic nitrogens is 3. The van der Waals surface area contributed by atoms with E-state index < -0.39 is 11.8 Å². The highest BCUT2D eigenvalue weighted by atomic mass is 16.5. The third-order valence-electron chi connectivity index (χ3n) is 2.24. The summed E-state index contributed by atoms with van der Waals surface area (Å²) in [7, 11) is 0. The van der Waals surface area contributed by atoms with Gasteiger partial charge in [0.15, 0.2) is 0 Å². The maximum Gasteiger partial charge on any atom is 0.379 e. The van der Waals surface area contributed by atoms with E-state index >= 15 is 0 Å². The average Bonchev–Trinajstić information content (AvgIpc) is 2.92. The van der Waals surface area contributed by atoms with Gasteiger partial charge in [0, 0.05) is 0 Å². The van der Waals surface area contributed by atoms with Crippen LogP contribution in [0.3, 0.4) is 0 Å². The van der Waals surface area contributed by atoms with Crippen molar-refractivity contribution in [2.24, 2.45) is 0 Å². The van der Waals surface area contributed by atoms with Crippen molar-refractivity contribution in [2.45, 2.75) is 6.92 Å². The first-order valence-corrected chi connectivity index (χ1v) is 5.41. The zero-order chi connectivity index (χ0) is 13.0. The van der Waals surface area contributed by atoms with Gasteiger partial charge in [-0.15, -0.1) is 0 Å². The molecule has 1 heterocycles. The van der Waals surface area contributed by atoms with E-state index in [1.807, 2.05) is 0 Å². The van der Waals surface area contributed by atoms with Gasteiger partial charge in [-0.25, -0.2) is 4.79 Å². The van der Waals surface area contributed by atoms with Crippen molar-refractivity contribution >= 4 is 11.8 Å². The van der Waals surface area contributed by atoms with Crippen molar-refractivity contribution in [2.75, 3.05) is 6.61 Å². The molecule has 1 aromatic heterocycles. The predicted octanol–water partition coefficient (Wildman–Crippen LogP) is 1.01. The van der Waals surface area contributed by atoms with Gasteiger partial charge in [0.1, 0.15) is 0 Å². The summed E-state index contributed by atoms with van der Waals surface area (Å²) in [5.74, 6) is -1.58. The molecule has 0 bridgehead atoms. The lowest BCUT2D eigenvalue weighted by Gasteiger charge is -2.06. The van der Waals surface area contributed by atoms with E-state index in [2.05, 4.69) is 10.2 Å². The summed E-state index contributed by atoms with van der Waals surface area (Å²) in [6.07, 6.45) is 2.98. The summed E-state index contributed by atoms with van der Waals surface area (Å²) >= 11 is 0. The zero-order valence-corrected chi connectivity index (χ0v) is 9.74. The summed E-state index contributed by atoms with van der Waals surface area (Å²) in [5, 5.41) is 7.87. The van der Waals surface area contributed by atoms with Crippen molar-refractivity contribution in [3.8, 4) is 5.69 Å². The van der Waals surface area contributed by atoms with E-state index in [-0.39, 0.29) is 12.2 Å². The van der Waals surface area contributed by atoms with Crippen LogP contribution in [0.15, 0.2) is 36.7 Å². The minimum absolute atomic E-state index is 0.159. The van der Waals surface area contributed by atoms with Crippen molar-refractivity contribution in [3.63, 3.8) is 0 Å². The Morgan fingerprint density at radius 3 is 2.56 bits per heavy atom. The molecule has 2 rings (SSSR count). The highest BCUT2D eigenvalue weighted by Crippen LogP contribution is 2.13. The number of Topliss-reactive ketones (excluding diaryl/α,β-unsaturated/α-hetero) is 1. The second kappa shape index (κ2) is 5.22. The van der Waals surface area contributed by atoms with Gasteiger partial charge < -0.3 is 4.74 Å². The van der Waals surface area contributed by atoms with Gasteiger partial charge in [-0.1, -0.05) is 12.1 Å². The van der Waals surface area contributed by atoms with Crippen molar-refractivity contribution in [3.05, 3.63) is 42.2 Å². The number of ketones is 1. The van der Waals surface area contributed by atoms with E-state index in [9.17, 15) is 9.59 Å². The highest BCUT2D eigenvalue weighted by molar-refractivity contribution is 6.41. The maximum absolute atomic E-state index is 11.9. The van der Waals surface area contributed by atoms with Crippen LogP contribution in [0.2, 0.25) is 0 Å². The fourth-order valence-electron chi connectivity index (χ4n) is 1.49. The SMILES string of the molecule is CCOC(=O)C(=O)c1ccccc1-n1nccn1. The van der Waals surface area contributed by atoms with Gasteiger partial charge in [-0.3, -0.25) is 4.79 Å². The topological polar surface area (TPSA) is 74.1 Å². The summed E-state index contributed by atoms with van der Waals surface area (Å²) in [5.41, 5.74) is 0.660. The molecule has 1 aromatic carbocycles. The number of nitrogens with zero attached hydrogens (tertiary/aromatic N) is 3. The molecule has 0 radical (unpaired) electrons. The Hall–Kier alpha value is -2.50. The zero-order valence-electron chi connectivity index (χ0n) is 9.74. The third kappa shape index (κ3) is 2.27. The molecule has 0 fully saturated rings. The van der Waals surface area contributed by atoms with Crippen LogP contribution >= 0.6 is 0 Å². The van der Waals surface area contributed by atoms with Gasteiger partial charge in [-0.05, 0) is 19.1 Å². The van der Waals surface area contributed by atoms with E-state index in [0.717, 1.165) is 0 Å². The fourth-order valence-corrected chi connectivity index (χ4v) is 1.49. The molecule has 2 aromatic rings. The Morgan fingerprint density at radius 1 is 1.22 bits per heavy atom. The van der Waals surface area contributed by atoms with Crippen LogP contribution in [0.4, 0.5) is 0 Å². The summed E-state index contributed by atoms with van der Waals surface area (Å²) in [4.78, 5) is 24.6. The van der Waals surface area contributed by atoms with Crippen LogP contribution < -0.4 is 0 Å². The number of hydrogen-bond acceptors (Lipinski definition) is 5. The smallest absolute Gasteiger partial charge is 0.379 e. The summed E-state index contributed by atoms with van der Waals surface area (Å²) in [6.45, 7) is 1.80. The van der Waals surface area contributed by atoms with Crippen molar-refractivity contribution < 1.29 is 14.3 Å². The maximum atomic E-state index is 11.9. The van der Waals surface area contributed by atoms with Crippen LogP contribution in [0.5, 0.6) is 0 Å². The number of hydrogen-bond donors (Lipinski definition) is 0. The van der Waals surface area contributed by atoms with Crippen LogP contribution in [0.25, 0.3) is 5.69 Å². The number of carbonyl (C=O) groups is 2. The number of carbonyl (C=O) groups excluding carboxylic acids is 2. The van der Waals surface area contributed by atoms with Crippen LogP contribution in [-0.2, 0) is 9.53 Å². The lowest BCUT2D eigenvalue weighted by molar-refractivity contribution is -0.137. The number of ether oxygens (including phenoxy) is 1. The summed E-state index contributed by atoms with van der Waals surface area (Å²) < 4.78 is 4.69. The van der Waals surface area contributed by atoms with E-state index in [4.69, 9.17) is 4.74 Å². The Kier molecular flexibility index (Phi) is 3.47. The number of benzene rings is 1. The molecule has 0 unspecified atom stereocenters. The minimum Gasteiger partial charge on any atom is -0.460 e. The molecule has 92 valence electrons.